The molecule has 2 N–H and O–H groups in total. The van der Waals surface area contributed by atoms with Crippen molar-refractivity contribution in [1.82, 2.24) is 4.98 Å². The average molecular weight is 383 g/mol. The van der Waals surface area contributed by atoms with Crippen LogP contribution in [0.3, 0.4) is 0 Å². The molecule has 1 aromatic heterocycles. The Labute approximate surface area is 161 Å². The van der Waals surface area contributed by atoms with Gasteiger partial charge in [0, 0.05) is 33.2 Å². The number of anilines is 1. The van der Waals surface area contributed by atoms with E-state index in [1.165, 1.54) is 18.4 Å². The summed E-state index contributed by atoms with van der Waals surface area (Å²) in [6.45, 7) is 0. The molecule has 27 heavy (non-hydrogen) atoms. The number of rotatable bonds is 3. The smallest absolute Gasteiger partial charge is 0.337 e. The van der Waals surface area contributed by atoms with Crippen LogP contribution in [0.4, 0.5) is 5.69 Å². The standard InChI is InChI=1S/C21H19ClN2O3/c1-27-21(26)12-2-6-15(7-3-12)23-20(25)13-4-8-18-16(10-13)17-11-14(22)5-9-19(17)24-18/h2-3,5-7,9,11,13,24H,4,8,10H2,1H3,(H,23,25). The molecule has 5 nitrogen and oxygen atoms in total. The number of hydrogen-bond acceptors (Lipinski definition) is 3. The van der Waals surface area contributed by atoms with Crippen molar-refractivity contribution in [3.8, 4) is 0 Å². The second kappa shape index (κ2) is 7.08. The first-order chi connectivity index (χ1) is 13.0. The number of esters is 1. The third-order valence-electron chi connectivity index (χ3n) is 5.09. The van der Waals surface area contributed by atoms with Crippen LogP contribution < -0.4 is 5.32 Å². The number of aromatic nitrogens is 1. The normalized spacial score (nSPS) is 16.0. The number of ether oxygens (including phenoxy) is 1. The molecule has 0 saturated carbocycles. The van der Waals surface area contributed by atoms with Gasteiger partial charge in [-0.25, -0.2) is 4.79 Å². The van der Waals surface area contributed by atoms with Crippen LogP contribution in [0.2, 0.25) is 5.02 Å². The Hall–Kier alpha value is -2.79. The first kappa shape index (κ1) is 17.6. The number of carbonyl (C=O) groups excluding carboxylic acids is 2. The number of amides is 1. The molecule has 0 saturated heterocycles. The Morgan fingerprint density at radius 2 is 1.96 bits per heavy atom. The number of fused-ring (bicyclic) bond motifs is 3. The zero-order chi connectivity index (χ0) is 19.0. The fourth-order valence-corrected chi connectivity index (χ4v) is 3.84. The molecule has 2 aromatic carbocycles. The zero-order valence-corrected chi connectivity index (χ0v) is 15.6. The van der Waals surface area contributed by atoms with Gasteiger partial charge in [0.1, 0.15) is 0 Å². The molecule has 0 radical (unpaired) electrons. The molecule has 6 heteroatoms. The molecular formula is C21H19ClN2O3. The Balaban J connectivity index is 1.50. The molecule has 138 valence electrons. The van der Waals surface area contributed by atoms with Crippen molar-refractivity contribution >= 4 is 40.1 Å². The Morgan fingerprint density at radius 1 is 1.19 bits per heavy atom. The minimum absolute atomic E-state index is 0.0113. The van der Waals surface area contributed by atoms with Crippen LogP contribution in [0.25, 0.3) is 10.9 Å². The number of nitrogens with one attached hydrogen (secondary N) is 2. The third-order valence-corrected chi connectivity index (χ3v) is 5.33. The van der Waals surface area contributed by atoms with E-state index in [9.17, 15) is 9.59 Å². The highest BCUT2D eigenvalue weighted by Gasteiger charge is 2.27. The summed E-state index contributed by atoms with van der Waals surface area (Å²) in [5, 5.41) is 4.74. The lowest BCUT2D eigenvalue weighted by molar-refractivity contribution is -0.120. The molecule has 1 heterocycles. The number of halogens is 1. The third kappa shape index (κ3) is 3.43. The van der Waals surface area contributed by atoms with Crippen molar-refractivity contribution in [3.05, 3.63) is 64.3 Å². The molecule has 1 atom stereocenters. The first-order valence-electron chi connectivity index (χ1n) is 8.83. The van der Waals surface area contributed by atoms with E-state index in [2.05, 4.69) is 15.0 Å². The summed E-state index contributed by atoms with van der Waals surface area (Å²) in [6.07, 6.45) is 2.31. The highest BCUT2D eigenvalue weighted by molar-refractivity contribution is 6.31. The second-order valence-corrected chi connectivity index (χ2v) is 7.21. The van der Waals surface area contributed by atoms with E-state index in [0.29, 0.717) is 22.7 Å². The number of benzene rings is 2. The summed E-state index contributed by atoms with van der Waals surface area (Å²) in [7, 11) is 1.34. The van der Waals surface area contributed by atoms with Crippen LogP contribution in [-0.4, -0.2) is 24.0 Å². The average Bonchev–Trinajstić information content (AvgIpc) is 3.05. The Morgan fingerprint density at radius 3 is 2.70 bits per heavy atom. The van der Waals surface area contributed by atoms with Gasteiger partial charge in [0.15, 0.2) is 0 Å². The summed E-state index contributed by atoms with van der Waals surface area (Å²) < 4.78 is 4.68. The fourth-order valence-electron chi connectivity index (χ4n) is 3.66. The van der Waals surface area contributed by atoms with Crippen molar-refractivity contribution in [3.63, 3.8) is 0 Å². The lowest BCUT2D eigenvalue weighted by Gasteiger charge is -2.22. The van der Waals surface area contributed by atoms with Gasteiger partial charge in [0.25, 0.3) is 0 Å². The zero-order valence-electron chi connectivity index (χ0n) is 14.8. The second-order valence-electron chi connectivity index (χ2n) is 6.77. The SMILES string of the molecule is COC(=O)c1ccc(NC(=O)C2CCc3[nH]c4ccc(Cl)cc4c3C2)cc1. The number of carbonyl (C=O) groups is 2. The van der Waals surface area contributed by atoms with Gasteiger partial charge >= 0.3 is 5.97 Å². The first-order valence-corrected chi connectivity index (χ1v) is 9.21. The number of aromatic amines is 1. The van der Waals surface area contributed by atoms with Gasteiger partial charge in [-0.3, -0.25) is 4.79 Å². The van der Waals surface area contributed by atoms with Crippen LogP contribution in [0.5, 0.6) is 0 Å². The van der Waals surface area contributed by atoms with Gasteiger partial charge in [0.05, 0.1) is 12.7 Å². The summed E-state index contributed by atoms with van der Waals surface area (Å²) in [5.41, 5.74) is 4.55. The van der Waals surface area contributed by atoms with Gasteiger partial charge in [-0.15, -0.1) is 0 Å². The lowest BCUT2D eigenvalue weighted by Crippen LogP contribution is -2.28. The number of hydrogen-bond donors (Lipinski definition) is 2. The van der Waals surface area contributed by atoms with Crippen LogP contribution in [0, 0.1) is 5.92 Å². The maximum absolute atomic E-state index is 12.7. The number of aryl methyl sites for hydroxylation is 1. The van der Waals surface area contributed by atoms with Gasteiger partial charge in [-0.1, -0.05) is 11.6 Å². The molecular weight excluding hydrogens is 364 g/mol. The maximum Gasteiger partial charge on any atom is 0.337 e. The highest BCUT2D eigenvalue weighted by Crippen LogP contribution is 2.33. The van der Waals surface area contributed by atoms with Crippen molar-refractivity contribution in [2.24, 2.45) is 5.92 Å². The summed E-state index contributed by atoms with van der Waals surface area (Å²) in [6, 6.07) is 12.5. The van der Waals surface area contributed by atoms with Crippen LogP contribution >= 0.6 is 11.6 Å². The van der Waals surface area contributed by atoms with Gasteiger partial charge < -0.3 is 15.0 Å². The Kier molecular flexibility index (Phi) is 4.62. The molecule has 3 aromatic rings. The van der Waals surface area contributed by atoms with Gasteiger partial charge in [-0.2, -0.15) is 0 Å². The van der Waals surface area contributed by atoms with Crippen molar-refractivity contribution in [1.29, 1.82) is 0 Å². The van der Waals surface area contributed by atoms with Crippen molar-refractivity contribution < 1.29 is 14.3 Å². The number of H-pyrrole nitrogens is 1. The largest absolute Gasteiger partial charge is 0.465 e. The maximum atomic E-state index is 12.7. The summed E-state index contributed by atoms with van der Waals surface area (Å²) >= 11 is 6.14. The van der Waals surface area contributed by atoms with Crippen LogP contribution in [0.15, 0.2) is 42.5 Å². The lowest BCUT2D eigenvalue weighted by atomic mass is 9.85. The van der Waals surface area contributed by atoms with Crippen LogP contribution in [-0.2, 0) is 22.4 Å². The highest BCUT2D eigenvalue weighted by atomic mass is 35.5. The molecule has 1 amide bonds. The minimum Gasteiger partial charge on any atom is -0.465 e. The monoisotopic (exact) mass is 382 g/mol. The van der Waals surface area contributed by atoms with Gasteiger partial charge in [0.2, 0.25) is 5.91 Å². The molecule has 4 rings (SSSR count). The van der Waals surface area contributed by atoms with E-state index < -0.39 is 5.97 Å². The van der Waals surface area contributed by atoms with E-state index in [4.69, 9.17) is 11.6 Å². The topological polar surface area (TPSA) is 71.2 Å². The molecule has 1 aliphatic rings. The van der Waals surface area contributed by atoms with Gasteiger partial charge in [-0.05, 0) is 67.3 Å². The van der Waals surface area contributed by atoms with E-state index >= 15 is 0 Å². The molecule has 0 aliphatic heterocycles. The van der Waals surface area contributed by atoms with E-state index in [0.717, 1.165) is 23.7 Å². The van der Waals surface area contributed by atoms with E-state index in [1.807, 2.05) is 18.2 Å². The van der Waals surface area contributed by atoms with E-state index in [1.54, 1.807) is 24.3 Å². The number of methoxy groups -OCH3 is 1. The molecule has 1 aliphatic carbocycles. The molecule has 1 unspecified atom stereocenters. The predicted molar refractivity (Wildman–Crippen MR) is 105 cm³/mol. The van der Waals surface area contributed by atoms with Crippen molar-refractivity contribution in [2.45, 2.75) is 19.3 Å². The Bertz CT molecular complexity index is 1020. The molecule has 0 bridgehead atoms. The quantitative estimate of drug-likeness (QED) is 0.661. The fraction of sp³-hybridized carbons (Fsp3) is 0.238. The minimum atomic E-state index is -0.398. The van der Waals surface area contributed by atoms with Crippen LogP contribution in [0.1, 0.15) is 28.0 Å². The summed E-state index contributed by atoms with van der Waals surface area (Å²) in [5.74, 6) is -0.510. The predicted octanol–water partition coefficient (Wildman–Crippen LogP) is 4.35. The van der Waals surface area contributed by atoms with E-state index in [-0.39, 0.29) is 11.8 Å². The summed E-state index contributed by atoms with van der Waals surface area (Å²) in [4.78, 5) is 27.7. The molecule has 0 fully saturated rings. The van der Waals surface area contributed by atoms with Crippen molar-refractivity contribution in [2.75, 3.05) is 12.4 Å². The molecule has 0 spiro atoms.